The molecule has 0 radical (unpaired) electrons. The molecule has 64 valence electrons. The number of pyridine rings is 1. The van der Waals surface area contributed by atoms with Gasteiger partial charge < -0.3 is 5.11 Å². The number of ketones is 1. The SMILES string of the molecule is CC(=O)C(CO)c1ccncc1. The fraction of sp³-hybridized carbons (Fsp3) is 0.333. The van der Waals surface area contributed by atoms with E-state index in [1.807, 2.05) is 0 Å². The maximum Gasteiger partial charge on any atom is 0.139 e. The monoisotopic (exact) mass is 165 g/mol. The number of Topliss-reactive ketones (excluding diaryl/α,β-unsaturated/α-hetero) is 1. The van der Waals surface area contributed by atoms with E-state index in [0.717, 1.165) is 5.56 Å². The van der Waals surface area contributed by atoms with Gasteiger partial charge >= 0.3 is 0 Å². The van der Waals surface area contributed by atoms with Gasteiger partial charge in [-0.2, -0.15) is 0 Å². The van der Waals surface area contributed by atoms with Crippen molar-refractivity contribution in [3.05, 3.63) is 30.1 Å². The van der Waals surface area contributed by atoms with E-state index < -0.39 is 5.92 Å². The van der Waals surface area contributed by atoms with Crippen LogP contribution >= 0.6 is 0 Å². The lowest BCUT2D eigenvalue weighted by Crippen LogP contribution is -2.12. The Hall–Kier alpha value is -1.22. The summed E-state index contributed by atoms with van der Waals surface area (Å²) < 4.78 is 0. The molecule has 1 unspecified atom stereocenters. The smallest absolute Gasteiger partial charge is 0.139 e. The molecular formula is C9H11NO2. The van der Waals surface area contributed by atoms with E-state index in [2.05, 4.69) is 4.98 Å². The van der Waals surface area contributed by atoms with Crippen LogP contribution in [-0.2, 0) is 4.79 Å². The largest absolute Gasteiger partial charge is 0.395 e. The Labute approximate surface area is 71.1 Å². The summed E-state index contributed by atoms with van der Waals surface area (Å²) in [4.78, 5) is 14.8. The highest BCUT2D eigenvalue weighted by atomic mass is 16.3. The highest BCUT2D eigenvalue weighted by molar-refractivity contribution is 5.83. The van der Waals surface area contributed by atoms with Gasteiger partial charge in [0.1, 0.15) is 5.78 Å². The Morgan fingerprint density at radius 1 is 1.58 bits per heavy atom. The molecule has 0 aliphatic heterocycles. The molecule has 0 spiro atoms. The van der Waals surface area contributed by atoms with E-state index in [0.29, 0.717) is 0 Å². The molecule has 0 bridgehead atoms. The minimum atomic E-state index is -0.395. The number of hydrogen-bond acceptors (Lipinski definition) is 3. The zero-order valence-corrected chi connectivity index (χ0v) is 6.90. The lowest BCUT2D eigenvalue weighted by atomic mass is 9.98. The molecule has 0 aliphatic carbocycles. The first-order valence-electron chi connectivity index (χ1n) is 3.77. The molecule has 1 aromatic rings. The van der Waals surface area contributed by atoms with Crippen molar-refractivity contribution in [2.75, 3.05) is 6.61 Å². The van der Waals surface area contributed by atoms with Crippen LogP contribution in [0.25, 0.3) is 0 Å². The third kappa shape index (κ3) is 1.89. The van der Waals surface area contributed by atoms with Crippen LogP contribution in [0.5, 0.6) is 0 Å². The van der Waals surface area contributed by atoms with E-state index in [9.17, 15) is 4.79 Å². The van der Waals surface area contributed by atoms with Gasteiger partial charge in [0.25, 0.3) is 0 Å². The minimum absolute atomic E-state index is 0.0244. The third-order valence-electron chi connectivity index (χ3n) is 1.78. The molecule has 3 heteroatoms. The maximum atomic E-state index is 11.0. The van der Waals surface area contributed by atoms with Crippen LogP contribution in [0.3, 0.4) is 0 Å². The molecule has 1 atom stereocenters. The second kappa shape index (κ2) is 3.97. The van der Waals surface area contributed by atoms with E-state index in [4.69, 9.17) is 5.11 Å². The zero-order valence-electron chi connectivity index (χ0n) is 6.90. The first kappa shape index (κ1) is 8.87. The fourth-order valence-electron chi connectivity index (χ4n) is 1.06. The molecule has 1 rings (SSSR count). The van der Waals surface area contributed by atoms with Crippen LogP contribution in [0.1, 0.15) is 18.4 Å². The molecule has 1 heterocycles. The van der Waals surface area contributed by atoms with E-state index in [-0.39, 0.29) is 12.4 Å². The Balaban J connectivity index is 2.88. The van der Waals surface area contributed by atoms with Crippen molar-refractivity contribution in [3.63, 3.8) is 0 Å². The normalized spacial score (nSPS) is 12.5. The third-order valence-corrected chi connectivity index (χ3v) is 1.78. The number of carbonyl (C=O) groups is 1. The fourth-order valence-corrected chi connectivity index (χ4v) is 1.06. The van der Waals surface area contributed by atoms with Gasteiger partial charge in [-0.15, -0.1) is 0 Å². The van der Waals surface area contributed by atoms with Crippen LogP contribution in [0.4, 0.5) is 0 Å². The highest BCUT2D eigenvalue weighted by Crippen LogP contribution is 2.14. The number of aromatic nitrogens is 1. The summed E-state index contributed by atoms with van der Waals surface area (Å²) in [6, 6.07) is 3.48. The molecule has 0 saturated heterocycles. The number of hydrogen-bond donors (Lipinski definition) is 1. The van der Waals surface area contributed by atoms with Gasteiger partial charge in [0.15, 0.2) is 0 Å². The van der Waals surface area contributed by atoms with Gasteiger partial charge in [-0.1, -0.05) is 0 Å². The second-order valence-corrected chi connectivity index (χ2v) is 2.63. The van der Waals surface area contributed by atoms with Crippen LogP contribution < -0.4 is 0 Å². The highest BCUT2D eigenvalue weighted by Gasteiger charge is 2.14. The molecule has 1 aromatic heterocycles. The van der Waals surface area contributed by atoms with Gasteiger partial charge in [-0.3, -0.25) is 9.78 Å². The van der Waals surface area contributed by atoms with Gasteiger partial charge in [-0.25, -0.2) is 0 Å². The van der Waals surface area contributed by atoms with Crippen LogP contribution in [-0.4, -0.2) is 22.5 Å². The first-order chi connectivity index (χ1) is 5.75. The summed E-state index contributed by atoms with van der Waals surface area (Å²) in [7, 11) is 0. The average Bonchev–Trinajstić information content (AvgIpc) is 2.07. The van der Waals surface area contributed by atoms with Crippen molar-refractivity contribution in [1.82, 2.24) is 4.98 Å². The summed E-state index contributed by atoms with van der Waals surface area (Å²) >= 11 is 0. The number of nitrogens with zero attached hydrogens (tertiary/aromatic N) is 1. The van der Waals surface area contributed by atoms with Crippen LogP contribution in [0.15, 0.2) is 24.5 Å². The zero-order chi connectivity index (χ0) is 8.97. The average molecular weight is 165 g/mol. The van der Waals surface area contributed by atoms with Crippen molar-refractivity contribution >= 4 is 5.78 Å². The number of carbonyl (C=O) groups excluding carboxylic acids is 1. The lowest BCUT2D eigenvalue weighted by Gasteiger charge is -2.09. The van der Waals surface area contributed by atoms with Crippen molar-refractivity contribution < 1.29 is 9.90 Å². The summed E-state index contributed by atoms with van der Waals surface area (Å²) in [5.41, 5.74) is 0.819. The molecule has 12 heavy (non-hydrogen) atoms. The van der Waals surface area contributed by atoms with Gasteiger partial charge in [-0.05, 0) is 24.6 Å². The number of aliphatic hydroxyl groups is 1. The Morgan fingerprint density at radius 2 is 2.17 bits per heavy atom. The topological polar surface area (TPSA) is 50.2 Å². The molecule has 3 nitrogen and oxygen atoms in total. The predicted molar refractivity (Wildman–Crippen MR) is 44.7 cm³/mol. The molecule has 0 aliphatic rings. The summed E-state index contributed by atoms with van der Waals surface area (Å²) in [5.74, 6) is -0.420. The summed E-state index contributed by atoms with van der Waals surface area (Å²) in [5, 5.41) is 8.91. The minimum Gasteiger partial charge on any atom is -0.395 e. The molecule has 0 aromatic carbocycles. The van der Waals surface area contributed by atoms with Crippen molar-refractivity contribution in [1.29, 1.82) is 0 Å². The first-order valence-corrected chi connectivity index (χ1v) is 3.77. The second-order valence-electron chi connectivity index (χ2n) is 2.63. The van der Waals surface area contributed by atoms with Crippen LogP contribution in [0.2, 0.25) is 0 Å². The lowest BCUT2D eigenvalue weighted by molar-refractivity contribution is -0.119. The van der Waals surface area contributed by atoms with Crippen molar-refractivity contribution in [2.45, 2.75) is 12.8 Å². The van der Waals surface area contributed by atoms with E-state index >= 15 is 0 Å². The Kier molecular flexibility index (Phi) is 2.94. The standard InChI is InChI=1S/C9H11NO2/c1-7(12)9(6-11)8-2-4-10-5-3-8/h2-5,9,11H,6H2,1H3. The van der Waals surface area contributed by atoms with Crippen LogP contribution in [0, 0.1) is 0 Å². The predicted octanol–water partition coefficient (Wildman–Crippen LogP) is 0.746. The molecule has 0 saturated carbocycles. The van der Waals surface area contributed by atoms with Crippen molar-refractivity contribution in [2.24, 2.45) is 0 Å². The molecule has 0 fully saturated rings. The summed E-state index contributed by atoms with van der Waals surface area (Å²) in [6.45, 7) is 1.33. The van der Waals surface area contributed by atoms with E-state index in [1.165, 1.54) is 6.92 Å². The Morgan fingerprint density at radius 3 is 2.58 bits per heavy atom. The molecule has 1 N–H and O–H groups in total. The molecule has 0 amide bonds. The quantitative estimate of drug-likeness (QED) is 0.718. The van der Waals surface area contributed by atoms with E-state index in [1.54, 1.807) is 24.5 Å². The number of aliphatic hydroxyl groups excluding tert-OH is 1. The van der Waals surface area contributed by atoms with Crippen molar-refractivity contribution in [3.8, 4) is 0 Å². The maximum absolute atomic E-state index is 11.0. The number of rotatable bonds is 3. The van der Waals surface area contributed by atoms with Gasteiger partial charge in [0.2, 0.25) is 0 Å². The van der Waals surface area contributed by atoms with Gasteiger partial charge in [0.05, 0.1) is 12.5 Å². The van der Waals surface area contributed by atoms with Gasteiger partial charge in [0, 0.05) is 12.4 Å². The summed E-state index contributed by atoms with van der Waals surface area (Å²) in [6.07, 6.45) is 3.22. The molecular weight excluding hydrogens is 154 g/mol. The Bertz CT molecular complexity index is 258.